The standard InChI is InChI=1S/C23H25N7O.C22H25N7.C17H22N6.C15H10FN5.C15H20N6/c1-2-24-23(31)16-7-5-15(6-8-16)21-18-13-17(9-10-19(18)26-28-21)22-25-20(27-29-22)14-30-11-3-4-12-30;1-28(2)17-8-5-15(6-9-17)21-18-13-16(7-10-19(18)24-26-21)22-23-20(25-27-22)14-29-11-3-4-12-29;1-2-5-14-13-10-12(6-7-15(13)20-19-14)17-18-16(21-22-17)11-23-8-3-4-9-23;16-11-3-1-2-9(6-11)14-12-7-10(15-17-8-18-21-15)4-5-13(12)19-20-14;1-4-5-12-11-8-10(6-7-13(11)18-17-12)15-16-14(19-20-15)9-21(2)3/h5-10,13H,2-4,11-12,14H2,1H3,(H,24,31)(H,26,28)(H,25,27,29);5-10,13H,3-4,11-12,14H2,1-2H3,(H,24,26)(H,23,25,27);6-7,10H,2-5,8-9,11H2,1H3,(H,19,20)(H,18,21,22);1-8H,(H,19,20)(H,17,18,21);6-8H,4-5,9H2,1-3H3,(H,17,18)(H,16,19,20). The van der Waals surface area contributed by atoms with Gasteiger partial charge in [-0.2, -0.15) is 51.0 Å². The number of aromatic amines is 10. The molecule has 3 fully saturated rings. The van der Waals surface area contributed by atoms with E-state index in [1.807, 2.05) is 132 Å². The second-order valence-corrected chi connectivity index (χ2v) is 32.2. The first-order valence-electron chi connectivity index (χ1n) is 42.8. The van der Waals surface area contributed by atoms with E-state index < -0.39 is 0 Å². The zero-order valence-electron chi connectivity index (χ0n) is 71.2. The Morgan fingerprint density at radius 1 is 0.400 bits per heavy atom. The molecule has 1 amide bonds. The molecule has 33 heteroatoms. The monoisotopic (exact) mass is 1680 g/mol. The number of amides is 1. The molecule has 10 aromatic heterocycles. The van der Waals surface area contributed by atoms with E-state index in [1.54, 1.807) is 6.07 Å². The summed E-state index contributed by atoms with van der Waals surface area (Å²) < 4.78 is 13.4. The molecule has 0 saturated carbocycles. The van der Waals surface area contributed by atoms with Gasteiger partial charge in [0, 0.05) is 115 Å². The topological polar surface area (TPSA) is 397 Å². The Bertz CT molecular complexity index is 6600. The Morgan fingerprint density at radius 3 is 1.22 bits per heavy atom. The number of nitrogens with zero attached hydrogens (tertiary/aromatic N) is 20. The van der Waals surface area contributed by atoms with Crippen LogP contribution in [0.5, 0.6) is 0 Å². The molecule has 32 nitrogen and oxygen atoms in total. The van der Waals surface area contributed by atoms with Gasteiger partial charge in [0.2, 0.25) is 0 Å². The Balaban J connectivity index is 0.000000111. The van der Waals surface area contributed by atoms with Crippen molar-refractivity contribution in [3.8, 4) is 90.7 Å². The van der Waals surface area contributed by atoms with Crippen molar-refractivity contribution >= 4 is 66.1 Å². The predicted octanol–water partition coefficient (Wildman–Crippen LogP) is 15.4. The lowest BCUT2D eigenvalue weighted by molar-refractivity contribution is 0.0955. The first kappa shape index (κ1) is 83.1. The van der Waals surface area contributed by atoms with Gasteiger partial charge < -0.3 is 15.1 Å². The van der Waals surface area contributed by atoms with Crippen LogP contribution in [0.3, 0.4) is 0 Å². The molecule has 0 spiro atoms. The van der Waals surface area contributed by atoms with Gasteiger partial charge in [-0.15, -0.1) is 0 Å². The maximum Gasteiger partial charge on any atom is 0.251 e. The molecule has 3 aliphatic rings. The molecule has 638 valence electrons. The Labute approximate surface area is 720 Å². The van der Waals surface area contributed by atoms with Gasteiger partial charge in [-0.05, 0) is 239 Å². The van der Waals surface area contributed by atoms with Gasteiger partial charge >= 0.3 is 0 Å². The summed E-state index contributed by atoms with van der Waals surface area (Å²) in [7, 11) is 8.10. The Kier molecular flexibility index (Phi) is 25.6. The van der Waals surface area contributed by atoms with Crippen molar-refractivity contribution in [2.45, 2.75) is 111 Å². The number of fused-ring (bicyclic) bond motifs is 5. The minimum absolute atomic E-state index is 0.0717. The number of carbonyl (C=O) groups is 1. The van der Waals surface area contributed by atoms with Crippen LogP contribution in [0.1, 0.15) is 117 Å². The van der Waals surface area contributed by atoms with E-state index in [0.29, 0.717) is 29.5 Å². The number of H-pyrrole nitrogens is 10. The number of nitrogens with one attached hydrogen (secondary N) is 11. The van der Waals surface area contributed by atoms with Crippen LogP contribution in [-0.2, 0) is 39.0 Å². The van der Waals surface area contributed by atoms with Crippen molar-refractivity contribution < 1.29 is 9.18 Å². The lowest BCUT2D eigenvalue weighted by Crippen LogP contribution is -2.22. The van der Waals surface area contributed by atoms with Gasteiger partial charge in [-0.1, -0.05) is 63.1 Å². The van der Waals surface area contributed by atoms with Crippen molar-refractivity contribution in [1.29, 1.82) is 0 Å². The minimum Gasteiger partial charge on any atom is -0.378 e. The van der Waals surface area contributed by atoms with Crippen LogP contribution in [-0.4, -0.2) is 226 Å². The first-order chi connectivity index (χ1) is 61.2. The largest absolute Gasteiger partial charge is 0.378 e. The van der Waals surface area contributed by atoms with Crippen molar-refractivity contribution in [2.24, 2.45) is 0 Å². The van der Waals surface area contributed by atoms with E-state index in [4.69, 9.17) is 9.97 Å². The van der Waals surface area contributed by atoms with E-state index in [0.717, 1.165) is 237 Å². The molecular formula is C92H102FN31O. The van der Waals surface area contributed by atoms with E-state index >= 15 is 0 Å². The van der Waals surface area contributed by atoms with E-state index in [1.165, 1.54) is 79.4 Å². The maximum absolute atomic E-state index is 13.4. The number of hydrogen-bond acceptors (Lipinski definition) is 21. The third kappa shape index (κ3) is 19.7. The summed E-state index contributed by atoms with van der Waals surface area (Å²) in [6.07, 6.45) is 13.3. The molecule has 21 rings (SSSR count). The van der Waals surface area contributed by atoms with Crippen LogP contribution in [0.25, 0.3) is 145 Å². The zero-order valence-corrected chi connectivity index (χ0v) is 71.2. The summed E-state index contributed by atoms with van der Waals surface area (Å²) in [6, 6.07) is 52.8. The van der Waals surface area contributed by atoms with Crippen molar-refractivity contribution in [3.63, 3.8) is 0 Å². The molecule has 11 N–H and O–H groups in total. The molecule has 18 aromatic rings. The fraction of sp³-hybridized carbons (Fsp3) is 0.304. The number of carbonyl (C=O) groups excluding carboxylic acids is 1. The van der Waals surface area contributed by atoms with Crippen LogP contribution < -0.4 is 10.2 Å². The molecule has 125 heavy (non-hydrogen) atoms. The molecule has 0 bridgehead atoms. The summed E-state index contributed by atoms with van der Waals surface area (Å²) in [6.45, 7) is 17.0. The van der Waals surface area contributed by atoms with Crippen LogP contribution in [0, 0.1) is 5.82 Å². The number of halogens is 1. The highest BCUT2D eigenvalue weighted by atomic mass is 19.1. The summed E-state index contributed by atoms with van der Waals surface area (Å²) in [4.78, 5) is 46.2. The number of rotatable bonds is 23. The highest BCUT2D eigenvalue weighted by Crippen LogP contribution is 2.35. The van der Waals surface area contributed by atoms with Crippen LogP contribution >= 0.6 is 0 Å². The number of benzene rings is 8. The van der Waals surface area contributed by atoms with Gasteiger partial charge in [-0.3, -0.25) is 70.5 Å². The summed E-state index contributed by atoms with van der Waals surface area (Å²) >= 11 is 0. The number of anilines is 1. The van der Waals surface area contributed by atoms with Crippen molar-refractivity contribution in [3.05, 3.63) is 216 Å². The lowest BCUT2D eigenvalue weighted by atomic mass is 10.0. The van der Waals surface area contributed by atoms with Crippen LogP contribution in [0.4, 0.5) is 10.1 Å². The maximum atomic E-state index is 13.4. The van der Waals surface area contributed by atoms with Crippen molar-refractivity contribution in [2.75, 3.05) is 78.9 Å². The molecule has 3 aliphatic heterocycles. The predicted molar refractivity (Wildman–Crippen MR) is 485 cm³/mol. The summed E-state index contributed by atoms with van der Waals surface area (Å²) in [5.74, 6) is 6.89. The number of hydrogen-bond donors (Lipinski definition) is 11. The van der Waals surface area contributed by atoms with E-state index in [2.05, 4.69) is 209 Å². The fourth-order valence-corrected chi connectivity index (χ4v) is 16.1. The second kappa shape index (κ2) is 38.5. The molecule has 3 saturated heterocycles. The minimum atomic E-state index is -0.282. The number of aromatic nitrogens is 25. The molecule has 13 heterocycles. The number of likely N-dealkylation sites (tertiary alicyclic amines) is 3. The molecule has 0 unspecified atom stereocenters. The quantitative estimate of drug-likeness (QED) is 0.0283. The summed E-state index contributed by atoms with van der Waals surface area (Å²) in [5, 5.41) is 82.2. The van der Waals surface area contributed by atoms with Crippen molar-refractivity contribution in [1.82, 2.24) is 152 Å². The van der Waals surface area contributed by atoms with E-state index in [-0.39, 0.29) is 11.7 Å². The highest BCUT2D eigenvalue weighted by molar-refractivity contribution is 5.99. The Morgan fingerprint density at radius 2 is 0.800 bits per heavy atom. The van der Waals surface area contributed by atoms with Gasteiger partial charge in [0.15, 0.2) is 29.1 Å². The normalized spacial score (nSPS) is 13.7. The average Bonchev–Trinajstić information content (AvgIpc) is 1.19. The van der Waals surface area contributed by atoms with Gasteiger partial charge in [0.25, 0.3) is 5.91 Å². The molecule has 0 radical (unpaired) electrons. The van der Waals surface area contributed by atoms with Crippen LogP contribution in [0.2, 0.25) is 0 Å². The molecule has 0 aliphatic carbocycles. The third-order valence-electron chi connectivity index (χ3n) is 22.5. The zero-order chi connectivity index (χ0) is 85.7. The molecular weight excluding hydrogens is 1570 g/mol. The third-order valence-corrected chi connectivity index (χ3v) is 22.5. The van der Waals surface area contributed by atoms with E-state index in [9.17, 15) is 9.18 Å². The second-order valence-electron chi connectivity index (χ2n) is 32.2. The average molecular weight is 1680 g/mol. The Hall–Kier alpha value is -14.2. The molecule has 8 aromatic carbocycles. The smallest absolute Gasteiger partial charge is 0.251 e. The fourth-order valence-electron chi connectivity index (χ4n) is 16.1. The SMILES string of the molecule is CCCc1[nH]nc2ccc(-c3n[nH]c(CN(C)C)n3)cc12.CCCc1[nH]nc2ccc(-c3n[nH]c(CN4CCCC4)n3)cc12.CCNC(=O)c1ccc(-c2n[nH]c3ccc(-c4n[nH]c(CN5CCCC5)n4)cc23)cc1.CN(C)c1ccc(-c2n[nH]c3ccc(-c4n[nH]c(CN5CCCC5)n4)cc23)cc1.Fc1cccc(-c2n[nH]c3ccc(-c4ncn[nH]4)cc23)c1. The molecule has 0 atom stereocenters. The van der Waals surface area contributed by atoms with Gasteiger partial charge in [0.1, 0.15) is 41.1 Å². The van der Waals surface area contributed by atoms with Gasteiger partial charge in [-0.25, -0.2) is 29.3 Å². The van der Waals surface area contributed by atoms with Crippen LogP contribution in [0.15, 0.2) is 170 Å². The first-order valence-corrected chi connectivity index (χ1v) is 42.8. The summed E-state index contributed by atoms with van der Waals surface area (Å²) in [5.41, 5.74) is 19.2. The lowest BCUT2D eigenvalue weighted by Gasteiger charge is -2.12. The highest BCUT2D eigenvalue weighted by Gasteiger charge is 2.22. The van der Waals surface area contributed by atoms with Gasteiger partial charge in [0.05, 0.1) is 65.2 Å². The number of aryl methyl sites for hydroxylation is 2.